The molecule has 0 saturated heterocycles. The van der Waals surface area contributed by atoms with Crippen molar-refractivity contribution in [3.8, 4) is 0 Å². The minimum Gasteiger partial charge on any atom is -0.352 e. The van der Waals surface area contributed by atoms with Crippen molar-refractivity contribution in [1.29, 1.82) is 0 Å². The number of fused-ring (bicyclic) bond motifs is 1. The van der Waals surface area contributed by atoms with E-state index in [1.54, 1.807) is 0 Å². The van der Waals surface area contributed by atoms with E-state index < -0.39 is 0 Å². The number of hydrogen-bond donors (Lipinski definition) is 1. The summed E-state index contributed by atoms with van der Waals surface area (Å²) in [6.07, 6.45) is 1.93. The average Bonchev–Trinajstić information content (AvgIpc) is 2.94. The lowest BCUT2D eigenvalue weighted by Crippen LogP contribution is -2.24. The zero-order valence-corrected chi connectivity index (χ0v) is 14.0. The minimum absolute atomic E-state index is 0.171. The van der Waals surface area contributed by atoms with Crippen LogP contribution in [-0.2, 0) is 17.8 Å². The molecule has 24 heavy (non-hydrogen) atoms. The summed E-state index contributed by atoms with van der Waals surface area (Å²) in [4.78, 5) is 16.0. The molecule has 3 aromatic rings. The normalized spacial score (nSPS) is 10.7. The topological polar surface area (TPSA) is 46.9 Å². The van der Waals surface area contributed by atoms with E-state index in [1.165, 1.54) is 6.08 Å². The van der Waals surface area contributed by atoms with Crippen molar-refractivity contribution >= 4 is 28.5 Å². The third-order valence-corrected chi connectivity index (χ3v) is 4.07. The summed E-state index contributed by atoms with van der Waals surface area (Å²) < 4.78 is 2.18. The standard InChI is InChI=1S/C19H18ClN3O/c1-2-19(24)21-12-11-18-22-16-5-3-4-6-17(16)23(18)13-14-7-9-15(20)10-8-14/h2-10H,1,11-13H2,(H,21,24). The summed E-state index contributed by atoms with van der Waals surface area (Å²) in [5.41, 5.74) is 3.19. The average molecular weight is 340 g/mol. The molecule has 0 atom stereocenters. The van der Waals surface area contributed by atoms with Gasteiger partial charge in [-0.2, -0.15) is 0 Å². The van der Waals surface area contributed by atoms with E-state index in [0.717, 1.165) is 27.4 Å². The van der Waals surface area contributed by atoms with Crippen LogP contribution in [0.25, 0.3) is 11.0 Å². The number of hydrogen-bond acceptors (Lipinski definition) is 2. The van der Waals surface area contributed by atoms with Gasteiger partial charge in [-0.3, -0.25) is 4.79 Å². The molecular weight excluding hydrogens is 322 g/mol. The van der Waals surface area contributed by atoms with Gasteiger partial charge in [-0.1, -0.05) is 42.4 Å². The predicted octanol–water partition coefficient (Wildman–Crippen LogP) is 3.58. The van der Waals surface area contributed by atoms with Gasteiger partial charge in [0, 0.05) is 24.5 Å². The quantitative estimate of drug-likeness (QED) is 0.698. The van der Waals surface area contributed by atoms with Crippen LogP contribution in [0.4, 0.5) is 0 Å². The maximum Gasteiger partial charge on any atom is 0.243 e. The third kappa shape index (κ3) is 3.66. The van der Waals surface area contributed by atoms with Crippen LogP contribution in [0, 0.1) is 0 Å². The molecule has 1 N–H and O–H groups in total. The molecule has 2 aromatic carbocycles. The smallest absolute Gasteiger partial charge is 0.243 e. The molecule has 0 fully saturated rings. The number of carbonyl (C=O) groups excluding carboxylic acids is 1. The van der Waals surface area contributed by atoms with E-state index in [0.29, 0.717) is 19.5 Å². The molecule has 1 aromatic heterocycles. The second-order valence-electron chi connectivity index (χ2n) is 5.47. The maximum atomic E-state index is 11.3. The minimum atomic E-state index is -0.171. The summed E-state index contributed by atoms with van der Waals surface area (Å²) in [6, 6.07) is 15.8. The summed E-state index contributed by atoms with van der Waals surface area (Å²) >= 11 is 5.96. The Bertz CT molecular complexity index is 868. The summed E-state index contributed by atoms with van der Waals surface area (Å²) in [5, 5.41) is 3.52. The van der Waals surface area contributed by atoms with Crippen molar-refractivity contribution in [3.05, 3.63) is 77.6 Å². The van der Waals surface area contributed by atoms with E-state index >= 15 is 0 Å². The van der Waals surface area contributed by atoms with E-state index in [9.17, 15) is 4.79 Å². The Balaban J connectivity index is 1.88. The number of amides is 1. The molecule has 0 bridgehead atoms. The lowest BCUT2D eigenvalue weighted by Gasteiger charge is -2.10. The molecule has 0 spiro atoms. The lowest BCUT2D eigenvalue weighted by molar-refractivity contribution is -0.116. The third-order valence-electron chi connectivity index (χ3n) is 3.82. The number of benzene rings is 2. The first-order valence-electron chi connectivity index (χ1n) is 7.76. The molecule has 0 radical (unpaired) electrons. The van der Waals surface area contributed by atoms with Crippen LogP contribution >= 0.6 is 11.6 Å². The Morgan fingerprint density at radius 2 is 1.96 bits per heavy atom. The fourth-order valence-corrected chi connectivity index (χ4v) is 2.76. The number of imidazole rings is 1. The predicted molar refractivity (Wildman–Crippen MR) is 97.2 cm³/mol. The Labute approximate surface area is 145 Å². The number of halogens is 1. The molecule has 3 rings (SSSR count). The summed E-state index contributed by atoms with van der Waals surface area (Å²) in [7, 11) is 0. The number of para-hydroxylation sites is 2. The molecule has 0 aliphatic carbocycles. The molecular formula is C19H18ClN3O. The van der Waals surface area contributed by atoms with Crippen molar-refractivity contribution in [2.45, 2.75) is 13.0 Å². The monoisotopic (exact) mass is 339 g/mol. The molecule has 0 unspecified atom stereocenters. The van der Waals surface area contributed by atoms with Crippen molar-refractivity contribution in [2.75, 3.05) is 6.54 Å². The highest BCUT2D eigenvalue weighted by molar-refractivity contribution is 6.30. The van der Waals surface area contributed by atoms with E-state index in [1.807, 2.05) is 42.5 Å². The van der Waals surface area contributed by atoms with Gasteiger partial charge in [0.15, 0.2) is 0 Å². The van der Waals surface area contributed by atoms with Crippen molar-refractivity contribution in [3.63, 3.8) is 0 Å². The van der Waals surface area contributed by atoms with Gasteiger partial charge in [-0.15, -0.1) is 0 Å². The number of rotatable bonds is 6. The van der Waals surface area contributed by atoms with Gasteiger partial charge in [-0.05, 0) is 35.9 Å². The second-order valence-corrected chi connectivity index (χ2v) is 5.91. The largest absolute Gasteiger partial charge is 0.352 e. The summed E-state index contributed by atoms with van der Waals surface area (Å²) in [5.74, 6) is 0.769. The fourth-order valence-electron chi connectivity index (χ4n) is 2.63. The lowest BCUT2D eigenvalue weighted by atomic mass is 10.2. The Hall–Kier alpha value is -2.59. The van der Waals surface area contributed by atoms with Crippen LogP contribution in [0.5, 0.6) is 0 Å². The van der Waals surface area contributed by atoms with Crippen LogP contribution in [0.15, 0.2) is 61.2 Å². The van der Waals surface area contributed by atoms with Crippen LogP contribution in [-0.4, -0.2) is 22.0 Å². The van der Waals surface area contributed by atoms with Gasteiger partial charge < -0.3 is 9.88 Å². The first-order valence-corrected chi connectivity index (χ1v) is 8.14. The molecule has 1 amide bonds. The zero-order valence-electron chi connectivity index (χ0n) is 13.2. The highest BCUT2D eigenvalue weighted by atomic mass is 35.5. The highest BCUT2D eigenvalue weighted by Gasteiger charge is 2.11. The van der Waals surface area contributed by atoms with Gasteiger partial charge in [0.05, 0.1) is 11.0 Å². The molecule has 5 heteroatoms. The molecule has 1 heterocycles. The van der Waals surface area contributed by atoms with Crippen LogP contribution in [0.2, 0.25) is 5.02 Å². The molecule has 0 saturated carbocycles. The number of aromatic nitrogens is 2. The summed E-state index contributed by atoms with van der Waals surface area (Å²) in [6.45, 7) is 4.69. The van der Waals surface area contributed by atoms with Crippen molar-refractivity contribution in [1.82, 2.24) is 14.9 Å². The van der Waals surface area contributed by atoms with Crippen molar-refractivity contribution < 1.29 is 4.79 Å². The first-order chi connectivity index (χ1) is 11.7. The van der Waals surface area contributed by atoms with E-state index in [-0.39, 0.29) is 5.91 Å². The van der Waals surface area contributed by atoms with E-state index in [4.69, 9.17) is 16.6 Å². The number of nitrogens with one attached hydrogen (secondary N) is 1. The van der Waals surface area contributed by atoms with Gasteiger partial charge in [0.2, 0.25) is 5.91 Å². The van der Waals surface area contributed by atoms with E-state index in [2.05, 4.69) is 22.5 Å². The zero-order chi connectivity index (χ0) is 16.9. The Morgan fingerprint density at radius 1 is 1.21 bits per heavy atom. The fraction of sp³-hybridized carbons (Fsp3) is 0.158. The first kappa shape index (κ1) is 16.3. The molecule has 122 valence electrons. The molecule has 0 aliphatic heterocycles. The van der Waals surface area contributed by atoms with Gasteiger partial charge in [-0.25, -0.2) is 4.98 Å². The molecule has 0 aliphatic rings. The number of nitrogens with zero attached hydrogens (tertiary/aromatic N) is 2. The van der Waals surface area contributed by atoms with Crippen molar-refractivity contribution in [2.24, 2.45) is 0 Å². The number of carbonyl (C=O) groups is 1. The Morgan fingerprint density at radius 3 is 2.71 bits per heavy atom. The molecule has 4 nitrogen and oxygen atoms in total. The SMILES string of the molecule is C=CC(=O)NCCc1nc2ccccc2n1Cc1ccc(Cl)cc1. The maximum absolute atomic E-state index is 11.3. The van der Waals surface area contributed by atoms with Gasteiger partial charge in [0.25, 0.3) is 0 Å². The van der Waals surface area contributed by atoms with Crippen LogP contribution in [0.1, 0.15) is 11.4 Å². The van der Waals surface area contributed by atoms with Gasteiger partial charge >= 0.3 is 0 Å². The van der Waals surface area contributed by atoms with Crippen LogP contribution in [0.3, 0.4) is 0 Å². The Kier molecular flexibility index (Phi) is 4.96. The second kappa shape index (κ2) is 7.32. The van der Waals surface area contributed by atoms with Gasteiger partial charge in [0.1, 0.15) is 5.82 Å². The highest BCUT2D eigenvalue weighted by Crippen LogP contribution is 2.19. The van der Waals surface area contributed by atoms with Crippen LogP contribution < -0.4 is 5.32 Å².